The van der Waals surface area contributed by atoms with Crippen LogP contribution in [0.15, 0.2) is 45.5 Å². The van der Waals surface area contributed by atoms with E-state index in [1.54, 1.807) is 6.26 Å². The third-order valence-electron chi connectivity index (χ3n) is 3.16. The molecule has 2 N–H and O–H groups in total. The highest BCUT2D eigenvalue weighted by atomic mass is 79.9. The Morgan fingerprint density at radius 1 is 1.30 bits per heavy atom. The average Bonchev–Trinajstić information content (AvgIpc) is 2.86. The van der Waals surface area contributed by atoms with Gasteiger partial charge >= 0.3 is 0 Å². The first-order chi connectivity index (χ1) is 9.61. The summed E-state index contributed by atoms with van der Waals surface area (Å²) >= 11 is 3.46. The summed E-state index contributed by atoms with van der Waals surface area (Å²) in [4.78, 5) is 2.01. The van der Waals surface area contributed by atoms with Crippen molar-refractivity contribution in [2.75, 3.05) is 30.4 Å². The normalized spacial score (nSPS) is 12.2. The van der Waals surface area contributed by atoms with Gasteiger partial charge in [0.05, 0.1) is 23.4 Å². The van der Waals surface area contributed by atoms with Gasteiger partial charge in [0.2, 0.25) is 0 Å². The van der Waals surface area contributed by atoms with Crippen LogP contribution in [-0.2, 0) is 0 Å². The summed E-state index contributed by atoms with van der Waals surface area (Å²) in [6, 6.07) is 10.1. The third kappa shape index (κ3) is 3.55. The molecule has 0 saturated heterocycles. The lowest BCUT2D eigenvalue weighted by Crippen LogP contribution is -2.20. The Bertz CT molecular complexity index is 539. The molecule has 1 heterocycles. The van der Waals surface area contributed by atoms with Gasteiger partial charge in [0.15, 0.2) is 0 Å². The lowest BCUT2D eigenvalue weighted by Gasteiger charge is -2.19. The summed E-state index contributed by atoms with van der Waals surface area (Å²) in [7, 11) is 1.96. The number of halogens is 1. The van der Waals surface area contributed by atoms with Crippen LogP contribution >= 0.6 is 15.9 Å². The van der Waals surface area contributed by atoms with Crippen molar-refractivity contribution in [1.82, 2.24) is 0 Å². The van der Waals surface area contributed by atoms with Crippen molar-refractivity contribution in [3.63, 3.8) is 0 Å². The predicted octanol–water partition coefficient (Wildman–Crippen LogP) is 3.64. The standard InChI is InChI=1S/C15H19BrN2O2/c1-11(15-14(16)7-10-20-15)17-12-3-5-13(6-4-12)18(2)8-9-19/h3-7,10-11,17,19H,8-9H2,1-2H3. The molecule has 0 aliphatic carbocycles. The molecule has 1 aromatic carbocycles. The van der Waals surface area contributed by atoms with Gasteiger partial charge < -0.3 is 19.7 Å². The zero-order valence-electron chi connectivity index (χ0n) is 11.6. The van der Waals surface area contributed by atoms with E-state index in [-0.39, 0.29) is 12.6 Å². The minimum absolute atomic E-state index is 0.0837. The van der Waals surface area contributed by atoms with Crippen molar-refractivity contribution in [2.45, 2.75) is 13.0 Å². The number of furan rings is 1. The Kier molecular flexibility index (Phi) is 5.09. The Morgan fingerprint density at radius 3 is 2.55 bits per heavy atom. The maximum atomic E-state index is 8.93. The fourth-order valence-electron chi connectivity index (χ4n) is 2.02. The smallest absolute Gasteiger partial charge is 0.139 e. The summed E-state index contributed by atoms with van der Waals surface area (Å²) in [5.74, 6) is 0.881. The SMILES string of the molecule is CC(Nc1ccc(N(C)CCO)cc1)c1occc1Br. The van der Waals surface area contributed by atoms with E-state index in [4.69, 9.17) is 9.52 Å². The first-order valence-corrected chi connectivity index (χ1v) is 7.32. The number of hydrogen-bond acceptors (Lipinski definition) is 4. The van der Waals surface area contributed by atoms with Crippen LogP contribution in [0.1, 0.15) is 18.7 Å². The second-order valence-corrected chi connectivity index (χ2v) is 5.55. The van der Waals surface area contributed by atoms with Crippen LogP contribution in [0.5, 0.6) is 0 Å². The number of hydrogen-bond donors (Lipinski definition) is 2. The van der Waals surface area contributed by atoms with Crippen LogP contribution in [0, 0.1) is 0 Å². The van der Waals surface area contributed by atoms with E-state index in [9.17, 15) is 0 Å². The van der Waals surface area contributed by atoms with Gasteiger partial charge in [0.25, 0.3) is 0 Å². The molecule has 0 aliphatic rings. The Balaban J connectivity index is 2.02. The molecular weight excluding hydrogens is 320 g/mol. The molecule has 1 aromatic heterocycles. The van der Waals surface area contributed by atoms with E-state index in [1.807, 2.05) is 42.3 Å². The van der Waals surface area contributed by atoms with Crippen molar-refractivity contribution in [2.24, 2.45) is 0 Å². The topological polar surface area (TPSA) is 48.6 Å². The highest BCUT2D eigenvalue weighted by Gasteiger charge is 2.12. The maximum absolute atomic E-state index is 8.93. The molecule has 0 aliphatic heterocycles. The van der Waals surface area contributed by atoms with E-state index < -0.39 is 0 Å². The zero-order valence-corrected chi connectivity index (χ0v) is 13.2. The van der Waals surface area contributed by atoms with Crippen molar-refractivity contribution < 1.29 is 9.52 Å². The fraction of sp³-hybridized carbons (Fsp3) is 0.333. The fourth-order valence-corrected chi connectivity index (χ4v) is 2.57. The quantitative estimate of drug-likeness (QED) is 0.844. The first-order valence-electron chi connectivity index (χ1n) is 6.53. The van der Waals surface area contributed by atoms with Gasteiger partial charge in [0.1, 0.15) is 5.76 Å². The Morgan fingerprint density at radius 2 is 2.00 bits per heavy atom. The van der Waals surface area contributed by atoms with Crippen LogP contribution in [0.3, 0.4) is 0 Å². The molecule has 0 bridgehead atoms. The van der Waals surface area contributed by atoms with Crippen LogP contribution < -0.4 is 10.2 Å². The number of nitrogens with one attached hydrogen (secondary N) is 1. The molecular formula is C15H19BrN2O2. The largest absolute Gasteiger partial charge is 0.466 e. The average molecular weight is 339 g/mol. The molecule has 0 radical (unpaired) electrons. The number of aliphatic hydroxyl groups is 1. The number of nitrogens with zero attached hydrogens (tertiary/aromatic N) is 1. The minimum atomic E-state index is 0.0837. The summed E-state index contributed by atoms with van der Waals surface area (Å²) < 4.78 is 6.42. The summed E-state index contributed by atoms with van der Waals surface area (Å²) in [6.45, 7) is 2.83. The minimum Gasteiger partial charge on any atom is -0.466 e. The molecule has 2 rings (SSSR count). The van der Waals surface area contributed by atoms with Crippen molar-refractivity contribution in [1.29, 1.82) is 0 Å². The molecule has 4 nitrogen and oxygen atoms in total. The van der Waals surface area contributed by atoms with Crippen molar-refractivity contribution in [3.8, 4) is 0 Å². The van der Waals surface area contributed by atoms with Crippen molar-refractivity contribution in [3.05, 3.63) is 46.8 Å². The summed E-state index contributed by atoms with van der Waals surface area (Å²) in [5.41, 5.74) is 2.11. The first kappa shape index (κ1) is 14.9. The molecule has 20 heavy (non-hydrogen) atoms. The van der Waals surface area contributed by atoms with Gasteiger partial charge in [-0.2, -0.15) is 0 Å². The molecule has 1 atom stereocenters. The highest BCUT2D eigenvalue weighted by Crippen LogP contribution is 2.27. The number of rotatable bonds is 6. The van der Waals surface area contributed by atoms with Gasteiger partial charge in [-0.25, -0.2) is 0 Å². The molecule has 0 saturated carbocycles. The van der Waals surface area contributed by atoms with Gasteiger partial charge in [-0.05, 0) is 53.2 Å². The maximum Gasteiger partial charge on any atom is 0.139 e. The van der Waals surface area contributed by atoms with Gasteiger partial charge in [-0.1, -0.05) is 0 Å². The molecule has 0 spiro atoms. The van der Waals surface area contributed by atoms with Gasteiger partial charge in [0, 0.05) is 25.0 Å². The highest BCUT2D eigenvalue weighted by molar-refractivity contribution is 9.10. The molecule has 1 unspecified atom stereocenters. The third-order valence-corrected chi connectivity index (χ3v) is 3.82. The summed E-state index contributed by atoms with van der Waals surface area (Å²) in [6.07, 6.45) is 1.67. The van der Waals surface area contributed by atoms with Gasteiger partial charge in [-0.15, -0.1) is 0 Å². The van der Waals surface area contributed by atoms with Crippen LogP contribution in [0.2, 0.25) is 0 Å². The molecule has 0 fully saturated rings. The Labute approximate surface area is 127 Å². The second-order valence-electron chi connectivity index (χ2n) is 4.69. The summed E-state index contributed by atoms with van der Waals surface area (Å²) in [5, 5.41) is 12.3. The second kappa shape index (κ2) is 6.81. The monoisotopic (exact) mass is 338 g/mol. The van der Waals surface area contributed by atoms with Crippen LogP contribution in [0.4, 0.5) is 11.4 Å². The number of benzene rings is 1. The van der Waals surface area contributed by atoms with E-state index in [2.05, 4.69) is 28.2 Å². The van der Waals surface area contributed by atoms with E-state index >= 15 is 0 Å². The lowest BCUT2D eigenvalue weighted by atomic mass is 10.2. The number of likely N-dealkylation sites (N-methyl/N-ethyl adjacent to an activating group) is 1. The lowest BCUT2D eigenvalue weighted by molar-refractivity contribution is 0.304. The molecule has 2 aromatic rings. The van der Waals surface area contributed by atoms with Crippen molar-refractivity contribution >= 4 is 27.3 Å². The van der Waals surface area contributed by atoms with E-state index in [0.717, 1.165) is 21.6 Å². The van der Waals surface area contributed by atoms with Crippen LogP contribution in [-0.4, -0.2) is 25.3 Å². The van der Waals surface area contributed by atoms with Crippen LogP contribution in [0.25, 0.3) is 0 Å². The van der Waals surface area contributed by atoms with Gasteiger partial charge in [-0.3, -0.25) is 0 Å². The molecule has 0 amide bonds. The Hall–Kier alpha value is -1.46. The number of aliphatic hydroxyl groups excluding tert-OH is 1. The molecule has 5 heteroatoms. The zero-order chi connectivity index (χ0) is 14.5. The number of anilines is 2. The van der Waals surface area contributed by atoms with E-state index in [0.29, 0.717) is 6.54 Å². The predicted molar refractivity (Wildman–Crippen MR) is 85.2 cm³/mol. The van der Waals surface area contributed by atoms with E-state index in [1.165, 1.54) is 0 Å². The molecule has 108 valence electrons.